The first-order valence-electron chi connectivity index (χ1n) is 14.2. The van der Waals surface area contributed by atoms with Gasteiger partial charge in [0.2, 0.25) is 0 Å². The van der Waals surface area contributed by atoms with E-state index in [9.17, 15) is 0 Å². The van der Waals surface area contributed by atoms with Crippen molar-refractivity contribution in [1.82, 2.24) is 19.4 Å². The number of hydrogen-bond donors (Lipinski definition) is 1. The lowest BCUT2D eigenvalue weighted by Gasteiger charge is -2.42. The molecule has 1 N–H and O–H groups in total. The highest BCUT2D eigenvalue weighted by atomic mass is 16.5. The largest absolute Gasteiger partial charge is 0.497 e. The van der Waals surface area contributed by atoms with Gasteiger partial charge < -0.3 is 19.4 Å². The fraction of sp³-hybridized carbons (Fsp3) is 0.600. The Morgan fingerprint density at radius 2 is 1.78 bits per heavy atom. The van der Waals surface area contributed by atoms with Gasteiger partial charge in [-0.2, -0.15) is 0 Å². The van der Waals surface area contributed by atoms with E-state index in [1.165, 1.54) is 70.9 Å². The summed E-state index contributed by atoms with van der Waals surface area (Å²) in [5.74, 6) is 4.22. The number of ether oxygens (including phenoxy) is 2. The van der Waals surface area contributed by atoms with Crippen LogP contribution >= 0.6 is 0 Å². The molecule has 198 valence electrons. The highest BCUT2D eigenvalue weighted by molar-refractivity contribution is 5.87. The summed E-state index contributed by atoms with van der Waals surface area (Å²) in [4.78, 5) is 12.2. The van der Waals surface area contributed by atoms with Crippen molar-refractivity contribution < 1.29 is 9.47 Å². The molecule has 7 heteroatoms. The van der Waals surface area contributed by atoms with Gasteiger partial charge >= 0.3 is 0 Å². The van der Waals surface area contributed by atoms with Crippen molar-refractivity contribution in [3.63, 3.8) is 0 Å². The molecule has 0 saturated heterocycles. The lowest BCUT2D eigenvalue weighted by molar-refractivity contribution is 0.0714. The number of methoxy groups -OCH3 is 2. The monoisotopic (exact) mass is 503 g/mol. The van der Waals surface area contributed by atoms with Gasteiger partial charge in [-0.1, -0.05) is 12.8 Å². The summed E-state index contributed by atoms with van der Waals surface area (Å²) in [6.07, 6.45) is 16.4. The zero-order chi connectivity index (χ0) is 25.2. The van der Waals surface area contributed by atoms with Crippen LogP contribution in [0.5, 0.6) is 11.5 Å². The third-order valence-electron chi connectivity index (χ3n) is 9.16. The molecular weight excluding hydrogens is 462 g/mol. The summed E-state index contributed by atoms with van der Waals surface area (Å²) in [7, 11) is 3.36. The average molecular weight is 504 g/mol. The first-order chi connectivity index (χ1) is 18.2. The van der Waals surface area contributed by atoms with E-state index in [-0.39, 0.29) is 0 Å². The quantitative estimate of drug-likeness (QED) is 0.343. The molecule has 0 radical (unpaired) electrons. The van der Waals surface area contributed by atoms with Crippen LogP contribution in [0.4, 0.5) is 5.82 Å². The number of aromatic nitrogens is 3. The van der Waals surface area contributed by atoms with E-state index in [0.717, 1.165) is 51.8 Å². The smallest absolute Gasteiger partial charge is 0.145 e. The molecule has 0 amide bonds. The van der Waals surface area contributed by atoms with Gasteiger partial charge in [0, 0.05) is 49.5 Å². The van der Waals surface area contributed by atoms with Gasteiger partial charge in [0.1, 0.15) is 29.3 Å². The Labute approximate surface area is 220 Å². The third kappa shape index (κ3) is 5.15. The maximum atomic E-state index is 5.57. The topological polar surface area (TPSA) is 64.4 Å². The number of benzene rings is 1. The van der Waals surface area contributed by atoms with E-state index in [2.05, 4.69) is 32.0 Å². The van der Waals surface area contributed by atoms with Crippen LogP contribution in [-0.2, 0) is 6.54 Å². The molecule has 3 saturated carbocycles. The van der Waals surface area contributed by atoms with E-state index < -0.39 is 0 Å². The van der Waals surface area contributed by atoms with Gasteiger partial charge in [-0.3, -0.25) is 4.90 Å². The maximum absolute atomic E-state index is 5.57. The molecule has 1 aromatic carbocycles. The lowest BCUT2D eigenvalue weighted by atomic mass is 9.83. The Kier molecular flexibility index (Phi) is 7.23. The number of fused-ring (bicyclic) bond motifs is 1. The van der Waals surface area contributed by atoms with Crippen molar-refractivity contribution in [3.05, 3.63) is 42.4 Å². The summed E-state index contributed by atoms with van der Waals surface area (Å²) in [6.45, 7) is 3.26. The molecule has 2 unspecified atom stereocenters. The summed E-state index contributed by atoms with van der Waals surface area (Å²) in [6, 6.07) is 9.47. The summed E-state index contributed by atoms with van der Waals surface area (Å²) in [5, 5.41) is 4.60. The molecule has 3 aliphatic carbocycles. The Morgan fingerprint density at radius 1 is 0.946 bits per heavy atom. The Morgan fingerprint density at radius 3 is 2.51 bits per heavy atom. The van der Waals surface area contributed by atoms with Gasteiger partial charge in [-0.25, -0.2) is 9.97 Å². The van der Waals surface area contributed by atoms with Gasteiger partial charge in [0.15, 0.2) is 0 Å². The molecule has 0 bridgehead atoms. The zero-order valence-electron chi connectivity index (χ0n) is 22.4. The van der Waals surface area contributed by atoms with E-state index in [0.29, 0.717) is 12.6 Å². The summed E-state index contributed by atoms with van der Waals surface area (Å²) < 4.78 is 13.3. The van der Waals surface area contributed by atoms with Crippen LogP contribution in [-0.4, -0.2) is 52.8 Å². The molecule has 0 aliphatic heterocycles. The number of hydrogen-bond acceptors (Lipinski definition) is 6. The highest BCUT2D eigenvalue weighted by Gasteiger charge is 2.34. The van der Waals surface area contributed by atoms with Gasteiger partial charge in [-0.05, 0) is 75.0 Å². The molecule has 6 rings (SSSR count). The molecule has 3 aromatic rings. The Hall–Kier alpha value is -2.80. The van der Waals surface area contributed by atoms with Crippen LogP contribution in [0.25, 0.3) is 11.0 Å². The van der Waals surface area contributed by atoms with Crippen molar-refractivity contribution in [3.8, 4) is 11.5 Å². The zero-order valence-corrected chi connectivity index (χ0v) is 22.4. The summed E-state index contributed by atoms with van der Waals surface area (Å²) in [5.41, 5.74) is 2.10. The van der Waals surface area contributed by atoms with Crippen molar-refractivity contribution in [2.75, 3.05) is 32.6 Å². The molecule has 2 heterocycles. The molecule has 3 aliphatic rings. The van der Waals surface area contributed by atoms with Crippen molar-refractivity contribution in [2.24, 2.45) is 11.8 Å². The predicted octanol–water partition coefficient (Wildman–Crippen LogP) is 6.06. The Bertz CT molecular complexity index is 1200. The van der Waals surface area contributed by atoms with E-state index in [1.807, 2.05) is 18.2 Å². The van der Waals surface area contributed by atoms with Crippen LogP contribution in [0.2, 0.25) is 0 Å². The van der Waals surface area contributed by atoms with Crippen molar-refractivity contribution >= 4 is 16.9 Å². The number of nitrogens with one attached hydrogen (secondary N) is 1. The van der Waals surface area contributed by atoms with Crippen LogP contribution in [0.3, 0.4) is 0 Å². The van der Waals surface area contributed by atoms with Crippen LogP contribution in [0.15, 0.2) is 36.8 Å². The van der Waals surface area contributed by atoms with E-state index >= 15 is 0 Å². The van der Waals surface area contributed by atoms with Crippen molar-refractivity contribution in [2.45, 2.75) is 76.4 Å². The van der Waals surface area contributed by atoms with Crippen LogP contribution < -0.4 is 14.8 Å². The second-order valence-electron chi connectivity index (χ2n) is 11.4. The third-order valence-corrected chi connectivity index (χ3v) is 9.16. The fourth-order valence-electron chi connectivity index (χ4n) is 6.51. The molecule has 2 atom stereocenters. The van der Waals surface area contributed by atoms with E-state index in [4.69, 9.17) is 14.5 Å². The highest BCUT2D eigenvalue weighted by Crippen LogP contribution is 2.40. The second-order valence-corrected chi connectivity index (χ2v) is 11.4. The van der Waals surface area contributed by atoms with Crippen LogP contribution in [0.1, 0.15) is 69.4 Å². The van der Waals surface area contributed by atoms with Gasteiger partial charge in [-0.15, -0.1) is 0 Å². The molecule has 7 nitrogen and oxygen atoms in total. The predicted molar refractivity (Wildman–Crippen MR) is 147 cm³/mol. The van der Waals surface area contributed by atoms with E-state index in [1.54, 1.807) is 20.5 Å². The summed E-state index contributed by atoms with van der Waals surface area (Å²) >= 11 is 0. The Balaban J connectivity index is 1.12. The molecule has 2 aromatic heterocycles. The minimum Gasteiger partial charge on any atom is -0.497 e. The van der Waals surface area contributed by atoms with Crippen molar-refractivity contribution in [1.29, 1.82) is 0 Å². The average Bonchev–Trinajstić information content (AvgIpc) is 3.50. The first kappa shape index (κ1) is 24.5. The molecule has 0 spiro atoms. The lowest BCUT2D eigenvalue weighted by Crippen LogP contribution is -2.46. The molecular formula is C30H41N5O2. The second kappa shape index (κ2) is 10.9. The minimum absolute atomic E-state index is 0.527. The number of nitrogens with zero attached hydrogens (tertiary/aromatic N) is 4. The molecule has 37 heavy (non-hydrogen) atoms. The van der Waals surface area contributed by atoms with Crippen LogP contribution in [0, 0.1) is 11.8 Å². The number of anilines is 1. The maximum Gasteiger partial charge on any atom is 0.145 e. The normalized spacial score (nSPS) is 22.2. The SMILES string of the molecule is COc1ccc(CNc2ncnc3c2ccn3C2CCC(CN(CC3CCC3)C3CCC3)C2)c(OC)c1. The fourth-order valence-corrected chi connectivity index (χ4v) is 6.51. The standard InChI is InChI=1S/C30H41N5O2/c1-36-26-12-10-23(28(16-26)37-2)17-31-29-27-13-14-35(30(27)33-20-32-29)25-11-9-22(15-25)19-34(24-7-4-8-24)18-21-5-3-6-21/h10,12-14,16,20-22,24-25H,3-9,11,15,17-19H2,1-2H3,(H,31,32,33). The minimum atomic E-state index is 0.527. The van der Waals surface area contributed by atoms with Gasteiger partial charge in [0.05, 0.1) is 19.6 Å². The van der Waals surface area contributed by atoms with Gasteiger partial charge in [0.25, 0.3) is 0 Å². The number of rotatable bonds is 11. The first-order valence-corrected chi connectivity index (χ1v) is 14.2. The molecule has 3 fully saturated rings.